The van der Waals surface area contributed by atoms with E-state index in [1.165, 1.54) is 37.7 Å². The Morgan fingerprint density at radius 3 is 2.79 bits per heavy atom. The van der Waals surface area contributed by atoms with E-state index in [-0.39, 0.29) is 0 Å². The minimum atomic E-state index is 0.375. The number of hydrogen-bond acceptors (Lipinski definition) is 3. The predicted octanol–water partition coefficient (Wildman–Crippen LogP) is 3.60. The van der Waals surface area contributed by atoms with Crippen LogP contribution in [-0.4, -0.2) is 17.6 Å². The lowest BCUT2D eigenvalue weighted by molar-refractivity contribution is 0.148. The summed E-state index contributed by atoms with van der Waals surface area (Å²) in [6.07, 6.45) is 7.84. The third-order valence-corrected chi connectivity index (χ3v) is 3.59. The summed E-state index contributed by atoms with van der Waals surface area (Å²) in [5.74, 6) is 0.806. The van der Waals surface area contributed by atoms with Gasteiger partial charge < -0.3 is 10.1 Å². The van der Waals surface area contributed by atoms with Gasteiger partial charge in [-0.15, -0.1) is 0 Å². The van der Waals surface area contributed by atoms with Crippen molar-refractivity contribution in [2.45, 2.75) is 65.0 Å². The number of ether oxygens (including phenoxy) is 1. The fourth-order valence-electron chi connectivity index (χ4n) is 2.63. The van der Waals surface area contributed by atoms with Crippen molar-refractivity contribution in [3.05, 3.63) is 23.4 Å². The molecule has 106 valence electrons. The molecule has 1 aromatic rings. The van der Waals surface area contributed by atoms with Crippen molar-refractivity contribution in [2.75, 3.05) is 6.54 Å². The van der Waals surface area contributed by atoms with Crippen molar-refractivity contribution < 1.29 is 4.74 Å². The first-order valence-corrected chi connectivity index (χ1v) is 7.63. The van der Waals surface area contributed by atoms with E-state index in [9.17, 15) is 0 Å². The summed E-state index contributed by atoms with van der Waals surface area (Å²) in [4.78, 5) is 4.51. The van der Waals surface area contributed by atoms with Gasteiger partial charge in [-0.3, -0.25) is 0 Å². The van der Waals surface area contributed by atoms with E-state index < -0.39 is 0 Å². The van der Waals surface area contributed by atoms with Crippen LogP contribution in [0.25, 0.3) is 0 Å². The molecule has 0 aliphatic heterocycles. The minimum absolute atomic E-state index is 0.375. The normalized spacial score (nSPS) is 16.5. The molecule has 0 aromatic carbocycles. The molecule has 1 heterocycles. The van der Waals surface area contributed by atoms with Gasteiger partial charge in [0.05, 0.1) is 0 Å². The third-order valence-electron chi connectivity index (χ3n) is 3.59. The number of aryl methyl sites for hydroxylation is 1. The highest BCUT2D eigenvalue weighted by Gasteiger charge is 2.15. The van der Waals surface area contributed by atoms with Crippen LogP contribution in [0.2, 0.25) is 0 Å². The Balaban J connectivity index is 1.95. The fourth-order valence-corrected chi connectivity index (χ4v) is 2.63. The highest BCUT2D eigenvalue weighted by atomic mass is 16.5. The lowest BCUT2D eigenvalue weighted by atomic mass is 9.98. The quantitative estimate of drug-likeness (QED) is 0.795. The van der Waals surface area contributed by atoms with Crippen molar-refractivity contribution in [3.63, 3.8) is 0 Å². The molecule has 1 N–H and O–H groups in total. The Labute approximate surface area is 116 Å². The average molecular weight is 262 g/mol. The van der Waals surface area contributed by atoms with Crippen molar-refractivity contribution in [2.24, 2.45) is 0 Å². The maximum absolute atomic E-state index is 6.04. The van der Waals surface area contributed by atoms with Crippen molar-refractivity contribution >= 4 is 0 Å². The van der Waals surface area contributed by atoms with Gasteiger partial charge in [-0.05, 0) is 57.2 Å². The van der Waals surface area contributed by atoms with E-state index in [0.717, 1.165) is 31.1 Å². The first-order valence-electron chi connectivity index (χ1n) is 7.63. The number of pyridine rings is 1. The van der Waals surface area contributed by atoms with Crippen molar-refractivity contribution in [3.8, 4) is 5.88 Å². The molecule has 1 aliphatic rings. The van der Waals surface area contributed by atoms with Gasteiger partial charge >= 0.3 is 0 Å². The van der Waals surface area contributed by atoms with Crippen LogP contribution >= 0.6 is 0 Å². The van der Waals surface area contributed by atoms with Crippen LogP contribution in [0.3, 0.4) is 0 Å². The third kappa shape index (κ3) is 4.83. The molecule has 1 aliphatic carbocycles. The van der Waals surface area contributed by atoms with Crippen LogP contribution in [0.4, 0.5) is 0 Å². The van der Waals surface area contributed by atoms with Gasteiger partial charge in [0.1, 0.15) is 6.10 Å². The van der Waals surface area contributed by atoms with Crippen LogP contribution in [-0.2, 0) is 6.54 Å². The van der Waals surface area contributed by atoms with E-state index in [2.05, 4.69) is 29.4 Å². The predicted molar refractivity (Wildman–Crippen MR) is 78.5 cm³/mol. The number of rotatable bonds is 6. The number of aromatic nitrogens is 1. The van der Waals surface area contributed by atoms with Gasteiger partial charge in [0, 0.05) is 18.3 Å². The van der Waals surface area contributed by atoms with Crippen LogP contribution in [0.15, 0.2) is 12.1 Å². The van der Waals surface area contributed by atoms with E-state index in [1.807, 2.05) is 6.92 Å². The topological polar surface area (TPSA) is 34.2 Å². The highest BCUT2D eigenvalue weighted by Crippen LogP contribution is 2.23. The molecule has 0 amide bonds. The Morgan fingerprint density at radius 2 is 2.05 bits per heavy atom. The van der Waals surface area contributed by atoms with Crippen LogP contribution in [0.5, 0.6) is 5.88 Å². The largest absolute Gasteiger partial charge is 0.474 e. The zero-order chi connectivity index (χ0) is 13.5. The smallest absolute Gasteiger partial charge is 0.214 e. The molecule has 2 rings (SSSR count). The summed E-state index contributed by atoms with van der Waals surface area (Å²) in [5.41, 5.74) is 2.31. The summed E-state index contributed by atoms with van der Waals surface area (Å²) in [6, 6.07) is 4.22. The maximum Gasteiger partial charge on any atom is 0.214 e. The summed E-state index contributed by atoms with van der Waals surface area (Å²) in [7, 11) is 0. The van der Waals surface area contributed by atoms with Gasteiger partial charge in [0.15, 0.2) is 0 Å². The van der Waals surface area contributed by atoms with Gasteiger partial charge in [0.2, 0.25) is 5.88 Å². The first-order chi connectivity index (χ1) is 9.28. The summed E-state index contributed by atoms with van der Waals surface area (Å²) >= 11 is 0. The van der Waals surface area contributed by atoms with E-state index >= 15 is 0 Å². The molecular formula is C16H26N2O. The number of nitrogens with one attached hydrogen (secondary N) is 1. The SMILES string of the molecule is CCCNCc1cc(C)nc(OC2CCCCC2)c1. The van der Waals surface area contributed by atoms with Crippen LogP contribution in [0, 0.1) is 6.92 Å². The van der Waals surface area contributed by atoms with E-state index in [1.54, 1.807) is 0 Å². The second-order valence-electron chi connectivity index (χ2n) is 5.51. The Bertz CT molecular complexity index is 386. The van der Waals surface area contributed by atoms with Gasteiger partial charge in [-0.1, -0.05) is 13.3 Å². The van der Waals surface area contributed by atoms with Gasteiger partial charge in [-0.25, -0.2) is 4.98 Å². The molecule has 0 radical (unpaired) electrons. The first kappa shape index (κ1) is 14.3. The molecule has 0 unspecified atom stereocenters. The molecule has 0 saturated heterocycles. The van der Waals surface area contributed by atoms with E-state index in [4.69, 9.17) is 4.74 Å². The van der Waals surface area contributed by atoms with Gasteiger partial charge in [-0.2, -0.15) is 0 Å². The van der Waals surface area contributed by atoms with Crippen molar-refractivity contribution in [1.29, 1.82) is 0 Å². The van der Waals surface area contributed by atoms with Crippen LogP contribution in [0.1, 0.15) is 56.7 Å². The zero-order valence-corrected chi connectivity index (χ0v) is 12.2. The molecular weight excluding hydrogens is 236 g/mol. The standard InChI is InChI=1S/C16H26N2O/c1-3-9-17-12-14-10-13(2)18-16(11-14)19-15-7-5-4-6-8-15/h10-11,15,17H,3-9,12H2,1-2H3. The molecule has 0 bridgehead atoms. The monoisotopic (exact) mass is 262 g/mol. The summed E-state index contributed by atoms with van der Waals surface area (Å²) in [5, 5.41) is 3.43. The second kappa shape index (κ2) is 7.49. The average Bonchev–Trinajstić information content (AvgIpc) is 2.39. The minimum Gasteiger partial charge on any atom is -0.474 e. The van der Waals surface area contributed by atoms with Crippen molar-refractivity contribution in [1.82, 2.24) is 10.3 Å². The molecule has 3 nitrogen and oxygen atoms in total. The molecule has 1 saturated carbocycles. The molecule has 3 heteroatoms. The lowest BCUT2D eigenvalue weighted by Gasteiger charge is -2.22. The number of nitrogens with zero attached hydrogens (tertiary/aromatic N) is 1. The van der Waals surface area contributed by atoms with E-state index in [0.29, 0.717) is 6.10 Å². The number of hydrogen-bond donors (Lipinski definition) is 1. The Kier molecular flexibility index (Phi) is 5.64. The summed E-state index contributed by atoms with van der Waals surface area (Å²) < 4.78 is 6.04. The maximum atomic E-state index is 6.04. The summed E-state index contributed by atoms with van der Waals surface area (Å²) in [6.45, 7) is 6.18. The Morgan fingerprint density at radius 1 is 1.26 bits per heavy atom. The molecule has 0 atom stereocenters. The molecule has 0 spiro atoms. The van der Waals surface area contributed by atoms with Gasteiger partial charge in [0.25, 0.3) is 0 Å². The highest BCUT2D eigenvalue weighted by molar-refractivity contribution is 5.24. The lowest BCUT2D eigenvalue weighted by Crippen LogP contribution is -2.20. The molecule has 1 aromatic heterocycles. The molecule has 19 heavy (non-hydrogen) atoms. The second-order valence-corrected chi connectivity index (χ2v) is 5.51. The fraction of sp³-hybridized carbons (Fsp3) is 0.688. The van der Waals surface area contributed by atoms with Crippen LogP contribution < -0.4 is 10.1 Å². The Hall–Kier alpha value is -1.09. The zero-order valence-electron chi connectivity index (χ0n) is 12.2. The molecule has 1 fully saturated rings.